The standard InChI is InChI=1S/C11H11ClN4/c1-7-5-16(6-13-7)10-4-9(12)14-11(15-10)8-2-3-8/h4-6,8H,2-3H2,1H3. The van der Waals surface area contributed by atoms with Crippen LogP contribution in [0.2, 0.25) is 5.15 Å². The summed E-state index contributed by atoms with van der Waals surface area (Å²) in [6, 6.07) is 1.76. The molecule has 1 saturated carbocycles. The van der Waals surface area contributed by atoms with Gasteiger partial charge in [0.25, 0.3) is 0 Å². The van der Waals surface area contributed by atoms with Crippen molar-refractivity contribution < 1.29 is 0 Å². The number of nitrogens with zero attached hydrogens (tertiary/aromatic N) is 4. The Bertz CT molecular complexity index is 531. The van der Waals surface area contributed by atoms with Crippen LogP contribution in [-0.2, 0) is 0 Å². The molecular weight excluding hydrogens is 224 g/mol. The van der Waals surface area contributed by atoms with Gasteiger partial charge in [-0.3, -0.25) is 4.57 Å². The van der Waals surface area contributed by atoms with Crippen molar-refractivity contribution in [3.8, 4) is 5.82 Å². The van der Waals surface area contributed by atoms with Crippen molar-refractivity contribution in [3.05, 3.63) is 35.3 Å². The molecule has 1 aliphatic carbocycles. The number of aromatic nitrogens is 4. The fourth-order valence-electron chi connectivity index (χ4n) is 1.63. The van der Waals surface area contributed by atoms with Gasteiger partial charge in [0.05, 0.1) is 5.69 Å². The van der Waals surface area contributed by atoms with E-state index in [2.05, 4.69) is 15.0 Å². The summed E-state index contributed by atoms with van der Waals surface area (Å²) in [7, 11) is 0. The first-order valence-electron chi connectivity index (χ1n) is 5.28. The third-order valence-corrected chi connectivity index (χ3v) is 2.81. The van der Waals surface area contributed by atoms with E-state index in [-0.39, 0.29) is 0 Å². The van der Waals surface area contributed by atoms with Crippen molar-refractivity contribution >= 4 is 11.6 Å². The van der Waals surface area contributed by atoms with Crippen molar-refractivity contribution in [1.29, 1.82) is 0 Å². The van der Waals surface area contributed by atoms with E-state index < -0.39 is 0 Å². The Morgan fingerprint density at radius 2 is 2.19 bits per heavy atom. The van der Waals surface area contributed by atoms with Gasteiger partial charge in [0.2, 0.25) is 0 Å². The molecule has 5 heteroatoms. The lowest BCUT2D eigenvalue weighted by Gasteiger charge is -2.04. The molecule has 2 aromatic heterocycles. The molecule has 0 saturated heterocycles. The van der Waals surface area contributed by atoms with Crippen LogP contribution in [0, 0.1) is 6.92 Å². The van der Waals surface area contributed by atoms with E-state index in [1.165, 1.54) is 12.8 Å². The van der Waals surface area contributed by atoms with Crippen LogP contribution in [0.4, 0.5) is 0 Å². The number of hydrogen-bond donors (Lipinski definition) is 0. The van der Waals surface area contributed by atoms with Gasteiger partial charge in [-0.15, -0.1) is 0 Å². The maximum Gasteiger partial charge on any atom is 0.143 e. The minimum Gasteiger partial charge on any atom is -0.290 e. The molecule has 4 nitrogen and oxygen atoms in total. The zero-order chi connectivity index (χ0) is 11.1. The average Bonchev–Trinajstić information content (AvgIpc) is 3.01. The fraction of sp³-hybridized carbons (Fsp3) is 0.364. The minimum atomic E-state index is 0.498. The van der Waals surface area contributed by atoms with Gasteiger partial charge in [0.15, 0.2) is 0 Å². The molecule has 0 atom stereocenters. The lowest BCUT2D eigenvalue weighted by molar-refractivity contribution is 0.878. The van der Waals surface area contributed by atoms with Gasteiger partial charge in [0, 0.05) is 18.2 Å². The zero-order valence-corrected chi connectivity index (χ0v) is 9.65. The second kappa shape index (κ2) is 3.56. The van der Waals surface area contributed by atoms with Crippen molar-refractivity contribution in [3.63, 3.8) is 0 Å². The van der Waals surface area contributed by atoms with E-state index in [4.69, 9.17) is 11.6 Å². The van der Waals surface area contributed by atoms with E-state index in [1.807, 2.05) is 17.7 Å². The molecule has 0 radical (unpaired) electrons. The lowest BCUT2D eigenvalue weighted by atomic mass is 10.4. The molecule has 0 spiro atoms. The molecule has 2 heterocycles. The molecule has 0 aliphatic heterocycles. The number of hydrogen-bond acceptors (Lipinski definition) is 3. The summed E-state index contributed by atoms with van der Waals surface area (Å²) in [4.78, 5) is 12.9. The number of halogens is 1. The second-order valence-electron chi connectivity index (χ2n) is 4.10. The van der Waals surface area contributed by atoms with Crippen LogP contribution in [0.1, 0.15) is 30.3 Å². The molecular formula is C11H11ClN4. The molecule has 82 valence electrons. The largest absolute Gasteiger partial charge is 0.290 e. The van der Waals surface area contributed by atoms with Gasteiger partial charge in [-0.2, -0.15) is 0 Å². The normalized spacial score (nSPS) is 15.4. The molecule has 3 rings (SSSR count). The summed E-state index contributed by atoms with van der Waals surface area (Å²) in [6.45, 7) is 1.95. The Labute approximate surface area is 98.3 Å². The van der Waals surface area contributed by atoms with Crippen LogP contribution in [0.25, 0.3) is 5.82 Å². The van der Waals surface area contributed by atoms with Crippen molar-refractivity contribution in [1.82, 2.24) is 19.5 Å². The number of imidazole rings is 1. The molecule has 1 fully saturated rings. The van der Waals surface area contributed by atoms with E-state index in [0.717, 1.165) is 17.3 Å². The Morgan fingerprint density at radius 3 is 2.81 bits per heavy atom. The monoisotopic (exact) mass is 234 g/mol. The molecule has 0 aromatic carbocycles. The van der Waals surface area contributed by atoms with Gasteiger partial charge < -0.3 is 0 Å². The quantitative estimate of drug-likeness (QED) is 0.750. The van der Waals surface area contributed by atoms with Crippen molar-refractivity contribution in [2.24, 2.45) is 0 Å². The molecule has 16 heavy (non-hydrogen) atoms. The molecule has 0 N–H and O–H groups in total. The Morgan fingerprint density at radius 1 is 1.38 bits per heavy atom. The van der Waals surface area contributed by atoms with Crippen molar-refractivity contribution in [2.45, 2.75) is 25.7 Å². The summed E-state index contributed by atoms with van der Waals surface area (Å²) < 4.78 is 1.87. The van der Waals surface area contributed by atoms with Gasteiger partial charge in [0.1, 0.15) is 23.1 Å². The maximum atomic E-state index is 5.99. The van der Waals surface area contributed by atoms with Crippen LogP contribution in [0.15, 0.2) is 18.6 Å². The van der Waals surface area contributed by atoms with Crippen LogP contribution < -0.4 is 0 Å². The van der Waals surface area contributed by atoms with Crippen LogP contribution in [0.3, 0.4) is 0 Å². The van der Waals surface area contributed by atoms with E-state index in [0.29, 0.717) is 11.1 Å². The SMILES string of the molecule is Cc1cn(-c2cc(Cl)nc(C3CC3)n2)cn1. The number of aryl methyl sites for hydroxylation is 1. The zero-order valence-electron chi connectivity index (χ0n) is 8.89. The molecule has 0 bridgehead atoms. The van der Waals surface area contributed by atoms with E-state index in [1.54, 1.807) is 12.4 Å². The Kier molecular flexibility index (Phi) is 2.17. The molecule has 1 aliphatic rings. The van der Waals surface area contributed by atoms with E-state index in [9.17, 15) is 0 Å². The lowest BCUT2D eigenvalue weighted by Crippen LogP contribution is -2.00. The smallest absolute Gasteiger partial charge is 0.143 e. The first kappa shape index (κ1) is 9.78. The third-order valence-electron chi connectivity index (χ3n) is 2.62. The fourth-order valence-corrected chi connectivity index (χ4v) is 1.81. The molecule has 0 unspecified atom stereocenters. The highest BCUT2D eigenvalue weighted by molar-refractivity contribution is 6.29. The Balaban J connectivity index is 2.06. The van der Waals surface area contributed by atoms with Gasteiger partial charge in [-0.05, 0) is 19.8 Å². The maximum absolute atomic E-state index is 5.99. The second-order valence-corrected chi connectivity index (χ2v) is 4.49. The summed E-state index contributed by atoms with van der Waals surface area (Å²) in [5.41, 5.74) is 0.961. The van der Waals surface area contributed by atoms with E-state index >= 15 is 0 Å². The van der Waals surface area contributed by atoms with Crippen LogP contribution in [0.5, 0.6) is 0 Å². The van der Waals surface area contributed by atoms with Crippen molar-refractivity contribution in [2.75, 3.05) is 0 Å². The average molecular weight is 235 g/mol. The van der Waals surface area contributed by atoms with Gasteiger partial charge in [-0.1, -0.05) is 11.6 Å². The summed E-state index contributed by atoms with van der Waals surface area (Å²) >= 11 is 5.99. The minimum absolute atomic E-state index is 0.498. The topological polar surface area (TPSA) is 43.6 Å². The molecule has 0 amide bonds. The summed E-state index contributed by atoms with van der Waals surface area (Å²) in [5.74, 6) is 2.15. The molecule has 2 aromatic rings. The predicted molar refractivity (Wildman–Crippen MR) is 60.9 cm³/mol. The third kappa shape index (κ3) is 1.80. The van der Waals surface area contributed by atoms with Gasteiger partial charge >= 0.3 is 0 Å². The first-order valence-corrected chi connectivity index (χ1v) is 5.65. The van der Waals surface area contributed by atoms with Crippen LogP contribution in [-0.4, -0.2) is 19.5 Å². The summed E-state index contributed by atoms with van der Waals surface area (Å²) in [5, 5.41) is 0.498. The predicted octanol–water partition coefficient (Wildman–Crippen LogP) is 2.50. The first-order chi connectivity index (χ1) is 7.72. The highest BCUT2D eigenvalue weighted by Gasteiger charge is 2.27. The van der Waals surface area contributed by atoms with Crippen LogP contribution >= 0.6 is 11.6 Å². The number of rotatable bonds is 2. The highest BCUT2D eigenvalue weighted by atomic mass is 35.5. The summed E-state index contributed by atoms with van der Waals surface area (Å²) in [6.07, 6.45) is 6.01. The Hall–Kier alpha value is -1.42. The highest BCUT2D eigenvalue weighted by Crippen LogP contribution is 2.38. The van der Waals surface area contributed by atoms with Gasteiger partial charge in [-0.25, -0.2) is 15.0 Å².